The Balaban J connectivity index is 3.45. The molecule has 2 N–H and O–H groups in total. The highest BCUT2D eigenvalue weighted by molar-refractivity contribution is 5.92. The first-order valence-corrected chi connectivity index (χ1v) is 12.4. The lowest BCUT2D eigenvalue weighted by atomic mass is 9.94. The average molecular weight is 476 g/mol. The summed E-state index contributed by atoms with van der Waals surface area (Å²) in [5.41, 5.74) is 2.05. The van der Waals surface area contributed by atoms with Crippen molar-refractivity contribution in [1.29, 1.82) is 0 Å². The van der Waals surface area contributed by atoms with Crippen LogP contribution in [0.3, 0.4) is 0 Å². The first-order chi connectivity index (χ1) is 15.7. The molecule has 0 aliphatic rings. The van der Waals surface area contributed by atoms with E-state index >= 15 is 0 Å². The van der Waals surface area contributed by atoms with E-state index in [1.807, 2.05) is 52.8 Å². The van der Waals surface area contributed by atoms with Crippen LogP contribution >= 0.6 is 0 Å². The molecule has 0 bridgehead atoms. The predicted octanol–water partition coefficient (Wildman–Crippen LogP) is 5.19. The molecule has 0 fully saturated rings. The van der Waals surface area contributed by atoms with E-state index in [9.17, 15) is 14.4 Å². The zero-order chi connectivity index (χ0) is 26.2. The maximum Gasteiger partial charge on any atom is 0.408 e. The van der Waals surface area contributed by atoms with E-state index in [0.717, 1.165) is 29.5 Å². The van der Waals surface area contributed by atoms with Crippen molar-refractivity contribution in [1.82, 2.24) is 15.5 Å². The number of hydrogen-bond donors (Lipinski definition) is 2. The van der Waals surface area contributed by atoms with Gasteiger partial charge in [-0.05, 0) is 79.4 Å². The van der Waals surface area contributed by atoms with E-state index in [1.54, 1.807) is 32.6 Å². The number of benzene rings is 1. The van der Waals surface area contributed by atoms with Crippen molar-refractivity contribution in [2.24, 2.45) is 0 Å². The smallest absolute Gasteiger partial charge is 0.408 e. The van der Waals surface area contributed by atoms with Gasteiger partial charge in [0.05, 0.1) is 0 Å². The monoisotopic (exact) mass is 475 g/mol. The Labute approximate surface area is 206 Å². The van der Waals surface area contributed by atoms with Crippen molar-refractivity contribution in [2.75, 3.05) is 0 Å². The molecule has 7 heteroatoms. The third-order valence-corrected chi connectivity index (χ3v) is 5.79. The van der Waals surface area contributed by atoms with Gasteiger partial charge in [-0.2, -0.15) is 0 Å². The molecule has 4 atom stereocenters. The molecule has 1 aromatic rings. The Morgan fingerprint density at radius 3 is 2.18 bits per heavy atom. The molecular weight excluding hydrogens is 430 g/mol. The molecule has 192 valence electrons. The summed E-state index contributed by atoms with van der Waals surface area (Å²) in [6, 6.07) is 4.02. The molecule has 0 aliphatic carbocycles. The van der Waals surface area contributed by atoms with E-state index in [0.29, 0.717) is 6.42 Å². The average Bonchev–Trinajstić information content (AvgIpc) is 2.71. The number of nitrogens with zero attached hydrogens (tertiary/aromatic N) is 1. The first-order valence-electron chi connectivity index (χ1n) is 12.4. The molecule has 0 aromatic heterocycles. The lowest BCUT2D eigenvalue weighted by molar-refractivity contribution is -0.145. The summed E-state index contributed by atoms with van der Waals surface area (Å²) >= 11 is 0. The standard InChI is InChI=1S/C27H45N3O4/c1-11-13-19(5)28-24(31)23(22-16-17(3)14-15-18(22)4)30(20(6)12-2)25(32)21(7)29-26(33)34-27(8,9)10/h14-16,19-21,23H,11-13H2,1-10H3,(H,28,31)(H,29,33). The Morgan fingerprint density at radius 2 is 1.65 bits per heavy atom. The number of amides is 3. The third kappa shape index (κ3) is 8.65. The van der Waals surface area contributed by atoms with Crippen LogP contribution in [-0.4, -0.2) is 46.5 Å². The third-order valence-electron chi connectivity index (χ3n) is 5.79. The van der Waals surface area contributed by atoms with E-state index in [4.69, 9.17) is 4.74 Å². The summed E-state index contributed by atoms with van der Waals surface area (Å²) in [6.07, 6.45) is 1.78. The highest BCUT2D eigenvalue weighted by Crippen LogP contribution is 2.29. The number of nitrogens with one attached hydrogen (secondary N) is 2. The number of hydrogen-bond acceptors (Lipinski definition) is 4. The first kappa shape index (κ1) is 29.5. The molecule has 7 nitrogen and oxygen atoms in total. The van der Waals surface area contributed by atoms with Gasteiger partial charge in [0.25, 0.3) is 0 Å². The normalized spacial score (nSPS) is 15.0. The van der Waals surface area contributed by atoms with Gasteiger partial charge < -0.3 is 20.3 Å². The van der Waals surface area contributed by atoms with Gasteiger partial charge in [0.15, 0.2) is 0 Å². The summed E-state index contributed by atoms with van der Waals surface area (Å²) in [5.74, 6) is -0.544. The Kier molecular flexibility index (Phi) is 11.1. The van der Waals surface area contributed by atoms with Crippen LogP contribution in [0.15, 0.2) is 18.2 Å². The molecule has 3 amide bonds. The second-order valence-electron chi connectivity index (χ2n) is 10.3. The van der Waals surface area contributed by atoms with E-state index in [-0.39, 0.29) is 23.9 Å². The van der Waals surface area contributed by atoms with E-state index in [1.165, 1.54) is 0 Å². The highest BCUT2D eigenvalue weighted by Gasteiger charge is 2.38. The van der Waals surface area contributed by atoms with Crippen molar-refractivity contribution >= 4 is 17.9 Å². The molecule has 0 aliphatic heterocycles. The fraction of sp³-hybridized carbons (Fsp3) is 0.667. The van der Waals surface area contributed by atoms with Crippen molar-refractivity contribution in [3.63, 3.8) is 0 Å². The van der Waals surface area contributed by atoms with Crippen molar-refractivity contribution < 1.29 is 19.1 Å². The molecular formula is C27H45N3O4. The lowest BCUT2D eigenvalue weighted by Gasteiger charge is -2.38. The molecule has 0 heterocycles. The van der Waals surface area contributed by atoms with Crippen LogP contribution in [0, 0.1) is 13.8 Å². The van der Waals surface area contributed by atoms with Crippen LogP contribution < -0.4 is 10.6 Å². The van der Waals surface area contributed by atoms with Crippen LogP contribution in [0.5, 0.6) is 0 Å². The van der Waals surface area contributed by atoms with Crippen LogP contribution in [0.4, 0.5) is 4.79 Å². The summed E-state index contributed by atoms with van der Waals surface area (Å²) in [4.78, 5) is 41.4. The molecule has 1 aromatic carbocycles. The number of carbonyl (C=O) groups is 3. The number of alkyl carbamates (subject to hydrolysis) is 1. The van der Waals surface area contributed by atoms with Gasteiger partial charge in [-0.3, -0.25) is 9.59 Å². The van der Waals surface area contributed by atoms with Crippen molar-refractivity contribution in [2.45, 2.75) is 118 Å². The maximum absolute atomic E-state index is 13.7. The van der Waals surface area contributed by atoms with Gasteiger partial charge in [-0.1, -0.05) is 44.0 Å². The number of rotatable bonds is 10. The molecule has 0 saturated carbocycles. The van der Waals surface area contributed by atoms with Gasteiger partial charge in [0.1, 0.15) is 17.7 Å². The van der Waals surface area contributed by atoms with Crippen LogP contribution in [-0.2, 0) is 14.3 Å². The van der Waals surface area contributed by atoms with Crippen LogP contribution in [0.1, 0.15) is 97.4 Å². The quantitative estimate of drug-likeness (QED) is 0.487. The SMILES string of the molecule is CCCC(C)NC(=O)C(c1cc(C)ccc1C)N(C(=O)C(C)NC(=O)OC(C)(C)C)C(C)CC. The molecule has 4 unspecified atom stereocenters. The highest BCUT2D eigenvalue weighted by atomic mass is 16.6. The second-order valence-corrected chi connectivity index (χ2v) is 10.3. The van der Waals surface area contributed by atoms with Gasteiger partial charge in [0.2, 0.25) is 11.8 Å². The fourth-order valence-electron chi connectivity index (χ4n) is 3.86. The minimum absolute atomic E-state index is 0.0173. The number of carbonyl (C=O) groups excluding carboxylic acids is 3. The van der Waals surface area contributed by atoms with Crippen molar-refractivity contribution in [3.05, 3.63) is 34.9 Å². The zero-order valence-electron chi connectivity index (χ0n) is 22.7. The van der Waals surface area contributed by atoms with Crippen LogP contribution in [0.25, 0.3) is 0 Å². The van der Waals surface area contributed by atoms with E-state index < -0.39 is 23.8 Å². The van der Waals surface area contributed by atoms with Gasteiger partial charge >= 0.3 is 6.09 Å². The Morgan fingerprint density at radius 1 is 1.03 bits per heavy atom. The zero-order valence-corrected chi connectivity index (χ0v) is 22.7. The Bertz CT molecular complexity index is 847. The van der Waals surface area contributed by atoms with Gasteiger partial charge in [0, 0.05) is 12.1 Å². The molecule has 0 radical (unpaired) electrons. The van der Waals surface area contributed by atoms with Crippen LogP contribution in [0.2, 0.25) is 0 Å². The minimum atomic E-state index is -0.864. The van der Waals surface area contributed by atoms with E-state index in [2.05, 4.69) is 17.6 Å². The topological polar surface area (TPSA) is 87.7 Å². The molecule has 1 rings (SSSR count). The number of aryl methyl sites for hydroxylation is 2. The lowest BCUT2D eigenvalue weighted by Crippen LogP contribution is -2.55. The summed E-state index contributed by atoms with van der Waals surface area (Å²) in [5, 5.41) is 5.75. The summed E-state index contributed by atoms with van der Waals surface area (Å²) in [7, 11) is 0. The molecule has 0 saturated heterocycles. The summed E-state index contributed by atoms with van der Waals surface area (Å²) in [6.45, 7) is 18.8. The Hall–Kier alpha value is -2.57. The molecule has 0 spiro atoms. The summed E-state index contributed by atoms with van der Waals surface area (Å²) < 4.78 is 5.33. The largest absolute Gasteiger partial charge is 0.444 e. The maximum atomic E-state index is 13.7. The van der Waals surface area contributed by atoms with Gasteiger partial charge in [-0.25, -0.2) is 4.79 Å². The predicted molar refractivity (Wildman–Crippen MR) is 137 cm³/mol. The second kappa shape index (κ2) is 12.8. The van der Waals surface area contributed by atoms with Gasteiger partial charge in [-0.15, -0.1) is 0 Å². The number of ether oxygens (including phenoxy) is 1. The fourth-order valence-corrected chi connectivity index (χ4v) is 3.86. The minimum Gasteiger partial charge on any atom is -0.444 e. The van der Waals surface area contributed by atoms with Crippen molar-refractivity contribution in [3.8, 4) is 0 Å². The molecule has 34 heavy (non-hydrogen) atoms.